The molecule has 2 saturated carbocycles. The number of hydrogen-bond acceptors (Lipinski definition) is 2. The zero-order chi connectivity index (χ0) is 21.2. The molecule has 1 aromatic carbocycles. The van der Waals surface area contributed by atoms with E-state index in [0.29, 0.717) is 17.9 Å². The molecule has 0 amide bonds. The van der Waals surface area contributed by atoms with Crippen molar-refractivity contribution >= 4 is 0 Å². The van der Waals surface area contributed by atoms with Crippen molar-refractivity contribution in [2.24, 2.45) is 11.8 Å². The van der Waals surface area contributed by atoms with E-state index in [-0.39, 0.29) is 5.82 Å². The van der Waals surface area contributed by atoms with E-state index >= 15 is 0 Å². The van der Waals surface area contributed by atoms with Gasteiger partial charge in [0.25, 0.3) is 0 Å². The third-order valence-electron chi connectivity index (χ3n) is 6.78. The summed E-state index contributed by atoms with van der Waals surface area (Å²) in [6.45, 7) is 0.886. The Morgan fingerprint density at radius 1 is 1.00 bits per heavy atom. The van der Waals surface area contributed by atoms with Crippen LogP contribution in [-0.4, -0.2) is 12.7 Å². The Balaban J connectivity index is 1.27. The average Bonchev–Trinajstić information content (AvgIpc) is 2.79. The molecule has 4 heteroatoms. The molecule has 162 valence electrons. The van der Waals surface area contributed by atoms with Gasteiger partial charge in [0, 0.05) is 6.61 Å². The van der Waals surface area contributed by atoms with E-state index in [9.17, 15) is 8.78 Å². The largest absolute Gasteiger partial charge is 0.378 e. The van der Waals surface area contributed by atoms with Crippen LogP contribution in [0.2, 0.25) is 0 Å². The maximum atomic E-state index is 13.1. The number of ether oxygens (including phenoxy) is 1. The van der Waals surface area contributed by atoms with Crippen LogP contribution >= 0.6 is 0 Å². The zero-order valence-electron chi connectivity index (χ0n) is 17.7. The summed E-state index contributed by atoms with van der Waals surface area (Å²) in [6.07, 6.45) is 16.7. The molecule has 2 aliphatic carbocycles. The lowest BCUT2D eigenvalue weighted by molar-refractivity contribution is -0.00475. The molecule has 0 aliphatic heterocycles. The first-order valence-corrected chi connectivity index (χ1v) is 11.4. The van der Waals surface area contributed by atoms with Gasteiger partial charge in [0.2, 0.25) is 0 Å². The van der Waals surface area contributed by atoms with E-state index in [1.165, 1.54) is 43.4 Å². The van der Waals surface area contributed by atoms with Crippen LogP contribution in [-0.2, 0) is 4.74 Å². The van der Waals surface area contributed by atoms with Crippen molar-refractivity contribution in [3.63, 3.8) is 0 Å². The van der Waals surface area contributed by atoms with Crippen LogP contribution in [0, 0.1) is 29.0 Å². The zero-order valence-corrected chi connectivity index (χ0v) is 17.7. The number of halogens is 2. The van der Waals surface area contributed by atoms with Crippen molar-refractivity contribution in [2.45, 2.75) is 76.2 Å². The predicted octanol–water partition coefficient (Wildman–Crippen LogP) is 7.39. The first-order chi connectivity index (χ1) is 14.6. The number of nitriles is 1. The Hall–Kier alpha value is -1.99. The van der Waals surface area contributed by atoms with Gasteiger partial charge in [-0.2, -0.15) is 9.65 Å². The molecule has 2 fully saturated rings. The average molecular weight is 414 g/mol. The van der Waals surface area contributed by atoms with E-state index < -0.39 is 5.83 Å². The summed E-state index contributed by atoms with van der Waals surface area (Å²) in [5, 5.41) is 8.37. The summed E-state index contributed by atoms with van der Waals surface area (Å²) in [5.74, 6) is 1.07. The highest BCUT2D eigenvalue weighted by Gasteiger charge is 2.25. The first kappa shape index (κ1) is 22.7. The summed E-state index contributed by atoms with van der Waals surface area (Å²) in [4.78, 5) is 0. The summed E-state index contributed by atoms with van der Waals surface area (Å²) in [6, 6.07) is 8.46. The van der Waals surface area contributed by atoms with Gasteiger partial charge in [-0.25, -0.2) is 4.39 Å². The Morgan fingerprint density at radius 2 is 1.67 bits per heavy atom. The maximum absolute atomic E-state index is 13.1. The van der Waals surface area contributed by atoms with Crippen molar-refractivity contribution < 1.29 is 13.5 Å². The molecule has 0 aromatic heterocycles. The van der Waals surface area contributed by atoms with Gasteiger partial charge in [-0.1, -0.05) is 37.1 Å². The molecule has 1 aromatic rings. The number of nitrogens with zero attached hydrogens (tertiary/aromatic N) is 1. The topological polar surface area (TPSA) is 33.0 Å². The fraction of sp³-hybridized carbons (Fsp3) is 0.577. The second-order valence-corrected chi connectivity index (χ2v) is 8.88. The number of rotatable bonds is 8. The standard InChI is InChI=1S/C26H33F2NO/c27-24-14-10-22(11-15-24)23-12-16-26(17-13-23)30-19-21-8-6-20(7-9-21)4-2-1-3-5-25(28)18-29/h1,3,5,10-11,14-15,20-21,23,26H,2,4,6-9,12-13,16-17,19H2/b3-1+,25-5-. The van der Waals surface area contributed by atoms with Crippen LogP contribution in [0.5, 0.6) is 0 Å². The van der Waals surface area contributed by atoms with Gasteiger partial charge in [-0.3, -0.25) is 0 Å². The molecule has 0 N–H and O–H groups in total. The van der Waals surface area contributed by atoms with E-state index in [2.05, 4.69) is 0 Å². The minimum Gasteiger partial charge on any atom is -0.378 e. The Labute approximate surface area is 179 Å². The lowest BCUT2D eigenvalue weighted by Gasteiger charge is -2.32. The molecule has 0 unspecified atom stereocenters. The molecule has 0 radical (unpaired) electrons. The van der Waals surface area contributed by atoms with Crippen molar-refractivity contribution in [3.8, 4) is 6.07 Å². The minimum absolute atomic E-state index is 0.162. The molecule has 0 atom stereocenters. The smallest absolute Gasteiger partial charge is 0.199 e. The normalized spacial score (nSPS) is 27.8. The fourth-order valence-electron chi connectivity index (χ4n) is 4.87. The SMILES string of the molecule is N#C/C(F)=C/C=C/CCC1CCC(COC2CCC(c3ccc(F)cc3)CC2)CC1. The molecule has 0 bridgehead atoms. The molecule has 3 rings (SSSR count). The lowest BCUT2D eigenvalue weighted by atomic mass is 9.80. The van der Waals surface area contributed by atoms with Crippen molar-refractivity contribution in [3.05, 3.63) is 59.7 Å². The second kappa shape index (κ2) is 12.0. The fourth-order valence-corrected chi connectivity index (χ4v) is 4.87. The summed E-state index contributed by atoms with van der Waals surface area (Å²) >= 11 is 0. The van der Waals surface area contributed by atoms with Crippen molar-refractivity contribution in [1.29, 1.82) is 5.26 Å². The lowest BCUT2D eigenvalue weighted by Crippen LogP contribution is -2.25. The van der Waals surface area contributed by atoms with Crippen molar-refractivity contribution in [2.75, 3.05) is 6.61 Å². The minimum atomic E-state index is -0.740. The van der Waals surface area contributed by atoms with Crippen molar-refractivity contribution in [1.82, 2.24) is 0 Å². The van der Waals surface area contributed by atoms with Crippen LogP contribution in [0.25, 0.3) is 0 Å². The third-order valence-corrected chi connectivity index (χ3v) is 6.78. The molecule has 2 nitrogen and oxygen atoms in total. The monoisotopic (exact) mass is 413 g/mol. The van der Waals surface area contributed by atoms with E-state index in [0.717, 1.165) is 51.0 Å². The molecular weight excluding hydrogens is 380 g/mol. The Kier molecular flexibility index (Phi) is 9.08. The molecule has 0 spiro atoms. The van der Waals surface area contributed by atoms with Crippen LogP contribution < -0.4 is 0 Å². The molecule has 2 aliphatic rings. The molecule has 30 heavy (non-hydrogen) atoms. The summed E-state index contributed by atoms with van der Waals surface area (Å²) < 4.78 is 32.1. The van der Waals surface area contributed by atoms with Gasteiger partial charge in [0.1, 0.15) is 11.9 Å². The summed E-state index contributed by atoms with van der Waals surface area (Å²) in [5.41, 5.74) is 1.26. The van der Waals surface area contributed by atoms with Gasteiger partial charge in [0.05, 0.1) is 6.10 Å². The number of benzene rings is 1. The van der Waals surface area contributed by atoms with Gasteiger partial charge in [-0.05, 0) is 92.9 Å². The number of hydrogen-bond donors (Lipinski definition) is 0. The highest BCUT2D eigenvalue weighted by atomic mass is 19.1. The maximum Gasteiger partial charge on any atom is 0.199 e. The summed E-state index contributed by atoms with van der Waals surface area (Å²) in [7, 11) is 0. The Morgan fingerprint density at radius 3 is 2.33 bits per heavy atom. The second-order valence-electron chi connectivity index (χ2n) is 8.88. The van der Waals surface area contributed by atoms with Crippen LogP contribution in [0.15, 0.2) is 48.3 Å². The van der Waals surface area contributed by atoms with Gasteiger partial charge in [0.15, 0.2) is 5.83 Å². The van der Waals surface area contributed by atoms with Crippen LogP contribution in [0.1, 0.15) is 75.7 Å². The first-order valence-electron chi connectivity index (χ1n) is 11.4. The van der Waals surface area contributed by atoms with E-state index in [1.54, 1.807) is 18.2 Å². The Bertz CT molecular complexity index is 733. The van der Waals surface area contributed by atoms with Gasteiger partial charge in [-0.15, -0.1) is 0 Å². The quantitative estimate of drug-likeness (QED) is 0.329. The molecule has 0 heterocycles. The van der Waals surface area contributed by atoms with Gasteiger partial charge < -0.3 is 4.74 Å². The molecule has 0 saturated heterocycles. The highest BCUT2D eigenvalue weighted by molar-refractivity contribution is 5.21. The van der Waals surface area contributed by atoms with E-state index in [4.69, 9.17) is 10.00 Å². The number of allylic oxidation sites excluding steroid dienone is 4. The van der Waals surface area contributed by atoms with Gasteiger partial charge >= 0.3 is 0 Å². The third kappa shape index (κ3) is 7.36. The predicted molar refractivity (Wildman–Crippen MR) is 116 cm³/mol. The van der Waals surface area contributed by atoms with Crippen LogP contribution in [0.4, 0.5) is 8.78 Å². The van der Waals surface area contributed by atoms with Crippen LogP contribution in [0.3, 0.4) is 0 Å². The molecular formula is C26H33F2NO. The highest BCUT2D eigenvalue weighted by Crippen LogP contribution is 2.36. The van der Waals surface area contributed by atoms with E-state index in [1.807, 2.05) is 18.2 Å².